The summed E-state index contributed by atoms with van der Waals surface area (Å²) in [5.41, 5.74) is 1.66. The second-order valence-corrected chi connectivity index (χ2v) is 5.75. The monoisotopic (exact) mass is 367 g/mol. The van der Waals surface area contributed by atoms with Crippen molar-refractivity contribution in [1.29, 1.82) is 0 Å². The molecule has 0 unspecified atom stereocenters. The average molecular weight is 369 g/mol. The molecule has 1 aromatic heterocycles. The molecule has 3 nitrogen and oxygen atoms in total. The summed E-state index contributed by atoms with van der Waals surface area (Å²) in [4.78, 5) is 0. The Balaban J connectivity index is 2.22. The van der Waals surface area contributed by atoms with Crippen LogP contribution in [0.5, 0.6) is 0 Å². The molecule has 0 N–H and O–H groups in total. The highest BCUT2D eigenvalue weighted by Crippen LogP contribution is 2.30. The summed E-state index contributed by atoms with van der Waals surface area (Å²) in [5.74, 6) is 0.653. The Labute approximate surface area is 134 Å². The second kappa shape index (κ2) is 5.56. The first-order valence-corrected chi connectivity index (χ1v) is 7.33. The molecule has 0 amide bonds. The minimum atomic E-state index is 0.271. The van der Waals surface area contributed by atoms with E-state index in [1.807, 2.05) is 48.5 Å². The van der Waals surface area contributed by atoms with Crippen molar-refractivity contribution in [3.05, 3.63) is 63.3 Å². The molecule has 0 saturated carbocycles. The lowest BCUT2D eigenvalue weighted by Gasteiger charge is -2.10. The first-order chi connectivity index (χ1) is 9.66. The van der Waals surface area contributed by atoms with Crippen LogP contribution in [0.3, 0.4) is 0 Å². The van der Waals surface area contributed by atoms with Crippen molar-refractivity contribution in [2.75, 3.05) is 0 Å². The molecule has 100 valence electrons. The average Bonchev–Trinajstić information content (AvgIpc) is 2.82. The Morgan fingerprint density at radius 2 is 1.70 bits per heavy atom. The van der Waals surface area contributed by atoms with Crippen LogP contribution in [0.25, 0.3) is 17.1 Å². The van der Waals surface area contributed by atoms with Crippen LogP contribution in [-0.2, 0) is 0 Å². The van der Waals surface area contributed by atoms with Gasteiger partial charge in [-0.1, -0.05) is 57.9 Å². The van der Waals surface area contributed by atoms with Gasteiger partial charge >= 0.3 is 0 Å². The number of hydrogen-bond acceptors (Lipinski definition) is 2. The maximum atomic E-state index is 6.29. The van der Waals surface area contributed by atoms with Gasteiger partial charge in [0.15, 0.2) is 5.82 Å². The summed E-state index contributed by atoms with van der Waals surface area (Å²) >= 11 is 15.8. The van der Waals surface area contributed by atoms with E-state index in [0.29, 0.717) is 10.8 Å². The predicted octanol–water partition coefficient (Wildman–Crippen LogP) is 5.00. The van der Waals surface area contributed by atoms with Gasteiger partial charge in [0.1, 0.15) is 0 Å². The summed E-state index contributed by atoms with van der Waals surface area (Å²) < 4.78 is 2.63. The lowest BCUT2D eigenvalue weighted by molar-refractivity contribution is 1.06. The van der Waals surface area contributed by atoms with Gasteiger partial charge in [0.05, 0.1) is 10.7 Å². The number of halogens is 3. The molecule has 0 atom stereocenters. The van der Waals surface area contributed by atoms with Gasteiger partial charge in [-0.25, -0.2) is 0 Å². The van der Waals surface area contributed by atoms with Gasteiger partial charge in [-0.05, 0) is 29.8 Å². The van der Waals surface area contributed by atoms with Gasteiger partial charge in [-0.15, -0.1) is 10.2 Å². The highest BCUT2D eigenvalue weighted by molar-refractivity contribution is 9.10. The van der Waals surface area contributed by atoms with Gasteiger partial charge < -0.3 is 0 Å². The van der Waals surface area contributed by atoms with Crippen molar-refractivity contribution in [3.63, 3.8) is 0 Å². The van der Waals surface area contributed by atoms with Crippen molar-refractivity contribution < 1.29 is 0 Å². The van der Waals surface area contributed by atoms with Crippen molar-refractivity contribution >= 4 is 39.1 Å². The lowest BCUT2D eigenvalue weighted by Crippen LogP contribution is -1.98. The minimum absolute atomic E-state index is 0.271. The SMILES string of the molecule is Clc1cc(Br)ccc1-n1c(Cl)nnc1-c1ccccc1. The molecule has 6 heteroatoms. The molecule has 20 heavy (non-hydrogen) atoms. The standard InChI is InChI=1S/C14H8BrCl2N3/c15-10-6-7-12(11(16)8-10)20-13(18-19-14(20)17)9-4-2-1-3-5-9/h1-8H. The molecule has 3 rings (SSSR count). The molecule has 0 saturated heterocycles. The summed E-state index contributed by atoms with van der Waals surface area (Å²) in [6, 6.07) is 15.3. The zero-order valence-electron chi connectivity index (χ0n) is 10.1. The maximum Gasteiger partial charge on any atom is 0.229 e. The number of rotatable bonds is 2. The van der Waals surface area contributed by atoms with E-state index in [2.05, 4.69) is 26.1 Å². The van der Waals surface area contributed by atoms with Gasteiger partial charge in [-0.2, -0.15) is 0 Å². The van der Waals surface area contributed by atoms with Crippen LogP contribution < -0.4 is 0 Å². The van der Waals surface area contributed by atoms with Crippen molar-refractivity contribution in [1.82, 2.24) is 14.8 Å². The van der Waals surface area contributed by atoms with Crippen LogP contribution in [0.15, 0.2) is 53.0 Å². The molecule has 0 fully saturated rings. The zero-order chi connectivity index (χ0) is 14.1. The van der Waals surface area contributed by atoms with Gasteiger partial charge in [0, 0.05) is 10.0 Å². The van der Waals surface area contributed by atoms with Gasteiger partial charge in [0.2, 0.25) is 5.28 Å². The molecule has 0 bridgehead atoms. The minimum Gasteiger partial charge on any atom is -0.264 e. The first-order valence-electron chi connectivity index (χ1n) is 5.78. The van der Waals surface area contributed by atoms with E-state index < -0.39 is 0 Å². The van der Waals surface area contributed by atoms with E-state index in [-0.39, 0.29) is 5.28 Å². The third-order valence-corrected chi connectivity index (χ3v) is 3.85. The third-order valence-electron chi connectivity index (χ3n) is 2.81. The van der Waals surface area contributed by atoms with Crippen LogP contribution in [0, 0.1) is 0 Å². The maximum absolute atomic E-state index is 6.29. The van der Waals surface area contributed by atoms with E-state index >= 15 is 0 Å². The van der Waals surface area contributed by atoms with E-state index in [1.165, 1.54) is 0 Å². The molecule has 0 spiro atoms. The number of aromatic nitrogens is 3. The number of benzene rings is 2. The zero-order valence-corrected chi connectivity index (χ0v) is 13.2. The van der Waals surface area contributed by atoms with Crippen molar-refractivity contribution in [2.45, 2.75) is 0 Å². The molecular formula is C14H8BrCl2N3. The third kappa shape index (κ3) is 2.46. The van der Waals surface area contributed by atoms with Crippen LogP contribution in [0.2, 0.25) is 10.3 Å². The van der Waals surface area contributed by atoms with Crippen LogP contribution in [0.4, 0.5) is 0 Å². The van der Waals surface area contributed by atoms with Gasteiger partial charge in [0.25, 0.3) is 0 Å². The van der Waals surface area contributed by atoms with Crippen LogP contribution in [-0.4, -0.2) is 14.8 Å². The Morgan fingerprint density at radius 3 is 2.40 bits per heavy atom. The molecule has 0 aliphatic heterocycles. The normalized spacial score (nSPS) is 10.8. The fourth-order valence-electron chi connectivity index (χ4n) is 1.92. The Kier molecular flexibility index (Phi) is 3.78. The summed E-state index contributed by atoms with van der Waals surface area (Å²) in [5, 5.41) is 8.92. The van der Waals surface area contributed by atoms with Crippen LogP contribution >= 0.6 is 39.1 Å². The smallest absolute Gasteiger partial charge is 0.229 e. The molecule has 2 aromatic carbocycles. The second-order valence-electron chi connectivity index (χ2n) is 4.09. The van der Waals surface area contributed by atoms with E-state index in [1.54, 1.807) is 4.57 Å². The fraction of sp³-hybridized carbons (Fsp3) is 0. The Bertz CT molecular complexity index is 756. The number of hydrogen-bond donors (Lipinski definition) is 0. The lowest BCUT2D eigenvalue weighted by atomic mass is 10.2. The van der Waals surface area contributed by atoms with Crippen LogP contribution in [0.1, 0.15) is 0 Å². The predicted molar refractivity (Wildman–Crippen MR) is 84.5 cm³/mol. The largest absolute Gasteiger partial charge is 0.264 e. The van der Waals surface area contributed by atoms with Crippen molar-refractivity contribution in [3.8, 4) is 17.1 Å². The molecule has 1 heterocycles. The van der Waals surface area contributed by atoms with E-state index in [0.717, 1.165) is 15.7 Å². The topological polar surface area (TPSA) is 30.7 Å². The molecule has 0 aliphatic carbocycles. The highest BCUT2D eigenvalue weighted by Gasteiger charge is 2.16. The van der Waals surface area contributed by atoms with E-state index in [9.17, 15) is 0 Å². The number of nitrogens with zero attached hydrogens (tertiary/aromatic N) is 3. The molecule has 3 aromatic rings. The highest BCUT2D eigenvalue weighted by atomic mass is 79.9. The summed E-state index contributed by atoms with van der Waals surface area (Å²) in [6.45, 7) is 0. The van der Waals surface area contributed by atoms with E-state index in [4.69, 9.17) is 23.2 Å². The fourth-order valence-corrected chi connectivity index (χ4v) is 2.88. The Hall–Kier alpha value is -1.36. The van der Waals surface area contributed by atoms with Crippen molar-refractivity contribution in [2.24, 2.45) is 0 Å². The van der Waals surface area contributed by atoms with Gasteiger partial charge in [-0.3, -0.25) is 4.57 Å². The summed E-state index contributed by atoms with van der Waals surface area (Å²) in [6.07, 6.45) is 0. The molecule has 0 aliphatic rings. The molecular weight excluding hydrogens is 361 g/mol. The quantitative estimate of drug-likeness (QED) is 0.636. The first kappa shape index (κ1) is 13.6. The Morgan fingerprint density at radius 1 is 0.950 bits per heavy atom. The molecule has 0 radical (unpaired) electrons. The summed E-state index contributed by atoms with van der Waals surface area (Å²) in [7, 11) is 0.